The van der Waals surface area contributed by atoms with Gasteiger partial charge in [-0.3, -0.25) is 4.98 Å². The molecule has 3 heterocycles. The third kappa shape index (κ3) is 1.85. The number of aromatic nitrogens is 1. The van der Waals surface area contributed by atoms with Gasteiger partial charge in [-0.25, -0.2) is 0 Å². The van der Waals surface area contributed by atoms with Crippen LogP contribution in [-0.4, -0.2) is 4.98 Å². The van der Waals surface area contributed by atoms with Crippen LogP contribution in [0.15, 0.2) is 59.1 Å². The van der Waals surface area contributed by atoms with Crippen molar-refractivity contribution in [1.82, 2.24) is 4.98 Å². The maximum Gasteiger partial charge on any atom is 0.144 e. The molecule has 0 N–H and O–H groups in total. The SMILES string of the molecule is Cc1sc2cc3oc4c(-c5ccccn5)cccc4c3cc2c1C. The number of nitrogens with zero attached hydrogens (tertiary/aromatic N) is 1. The Morgan fingerprint density at radius 3 is 2.67 bits per heavy atom. The molecule has 24 heavy (non-hydrogen) atoms. The van der Waals surface area contributed by atoms with Crippen LogP contribution in [0.4, 0.5) is 0 Å². The zero-order valence-electron chi connectivity index (χ0n) is 13.5. The summed E-state index contributed by atoms with van der Waals surface area (Å²) in [5.74, 6) is 0. The van der Waals surface area contributed by atoms with E-state index in [1.165, 1.54) is 25.9 Å². The van der Waals surface area contributed by atoms with E-state index < -0.39 is 0 Å². The lowest BCUT2D eigenvalue weighted by molar-refractivity contribution is 0.670. The van der Waals surface area contributed by atoms with Crippen LogP contribution in [0.25, 0.3) is 43.3 Å². The van der Waals surface area contributed by atoms with Gasteiger partial charge in [-0.2, -0.15) is 0 Å². The number of benzene rings is 2. The zero-order valence-corrected chi connectivity index (χ0v) is 14.3. The minimum absolute atomic E-state index is 0.915. The van der Waals surface area contributed by atoms with E-state index in [1.54, 1.807) is 0 Å². The minimum Gasteiger partial charge on any atom is -0.455 e. The van der Waals surface area contributed by atoms with Gasteiger partial charge in [-0.1, -0.05) is 18.2 Å². The Morgan fingerprint density at radius 2 is 1.83 bits per heavy atom. The molecule has 0 aliphatic rings. The molecule has 0 bridgehead atoms. The summed E-state index contributed by atoms with van der Waals surface area (Å²) in [5, 5.41) is 3.66. The molecule has 0 fully saturated rings. The Bertz CT molecular complexity index is 1210. The Labute approximate surface area is 143 Å². The summed E-state index contributed by atoms with van der Waals surface area (Å²) in [7, 11) is 0. The van der Waals surface area contributed by atoms with E-state index in [0.29, 0.717) is 0 Å². The van der Waals surface area contributed by atoms with E-state index in [1.807, 2.05) is 35.7 Å². The highest BCUT2D eigenvalue weighted by Gasteiger charge is 2.15. The number of pyridine rings is 1. The molecule has 0 saturated heterocycles. The number of hydrogen-bond acceptors (Lipinski definition) is 3. The van der Waals surface area contributed by atoms with Gasteiger partial charge in [0.25, 0.3) is 0 Å². The highest BCUT2D eigenvalue weighted by molar-refractivity contribution is 7.19. The Balaban J connectivity index is 1.90. The zero-order chi connectivity index (χ0) is 16.3. The molecule has 0 amide bonds. The molecule has 0 saturated carbocycles. The minimum atomic E-state index is 0.915. The monoisotopic (exact) mass is 329 g/mol. The number of furan rings is 1. The average molecular weight is 329 g/mol. The maximum atomic E-state index is 6.26. The fourth-order valence-corrected chi connectivity index (χ4v) is 4.44. The fourth-order valence-electron chi connectivity index (χ4n) is 3.36. The first kappa shape index (κ1) is 13.8. The van der Waals surface area contributed by atoms with Crippen molar-refractivity contribution in [2.45, 2.75) is 13.8 Å². The Morgan fingerprint density at radius 1 is 0.917 bits per heavy atom. The van der Waals surface area contributed by atoms with Crippen molar-refractivity contribution in [2.75, 3.05) is 0 Å². The van der Waals surface area contributed by atoms with Crippen LogP contribution in [-0.2, 0) is 0 Å². The molecular formula is C21H15NOS. The van der Waals surface area contributed by atoms with Crippen molar-refractivity contribution in [1.29, 1.82) is 0 Å². The lowest BCUT2D eigenvalue weighted by atomic mass is 10.0. The molecule has 116 valence electrons. The lowest BCUT2D eigenvalue weighted by Crippen LogP contribution is -1.81. The molecule has 0 spiro atoms. The molecule has 3 heteroatoms. The number of rotatable bonds is 1. The lowest BCUT2D eigenvalue weighted by Gasteiger charge is -2.00. The predicted octanol–water partition coefficient (Wildman–Crippen LogP) is 6.48. The summed E-state index contributed by atoms with van der Waals surface area (Å²) in [6, 6.07) is 16.7. The quantitative estimate of drug-likeness (QED) is 0.352. The highest BCUT2D eigenvalue weighted by atomic mass is 32.1. The second-order valence-corrected chi connectivity index (χ2v) is 7.38. The second kappa shape index (κ2) is 4.92. The number of hydrogen-bond donors (Lipinski definition) is 0. The molecule has 2 aromatic carbocycles. The van der Waals surface area contributed by atoms with E-state index in [4.69, 9.17) is 4.42 Å². The van der Waals surface area contributed by atoms with Crippen molar-refractivity contribution in [3.8, 4) is 11.3 Å². The Hall–Kier alpha value is -2.65. The third-order valence-corrected chi connectivity index (χ3v) is 5.91. The highest BCUT2D eigenvalue weighted by Crippen LogP contribution is 2.39. The molecule has 0 aliphatic heterocycles. The van der Waals surface area contributed by atoms with Crippen LogP contribution in [0.3, 0.4) is 0 Å². The summed E-state index contributed by atoms with van der Waals surface area (Å²) in [5.41, 5.74) is 5.21. The largest absolute Gasteiger partial charge is 0.455 e. The van der Waals surface area contributed by atoms with Crippen molar-refractivity contribution < 1.29 is 4.42 Å². The van der Waals surface area contributed by atoms with Gasteiger partial charge in [0, 0.05) is 32.1 Å². The summed E-state index contributed by atoms with van der Waals surface area (Å²) >= 11 is 1.83. The van der Waals surface area contributed by atoms with E-state index in [9.17, 15) is 0 Å². The predicted molar refractivity (Wildman–Crippen MR) is 102 cm³/mol. The van der Waals surface area contributed by atoms with Crippen LogP contribution in [0.2, 0.25) is 0 Å². The van der Waals surface area contributed by atoms with Crippen molar-refractivity contribution >= 4 is 43.4 Å². The molecule has 5 aromatic rings. The van der Waals surface area contributed by atoms with Gasteiger partial charge >= 0.3 is 0 Å². The third-order valence-electron chi connectivity index (χ3n) is 4.74. The van der Waals surface area contributed by atoms with Gasteiger partial charge < -0.3 is 4.42 Å². The van der Waals surface area contributed by atoms with E-state index >= 15 is 0 Å². The van der Waals surface area contributed by atoms with E-state index in [-0.39, 0.29) is 0 Å². The van der Waals surface area contributed by atoms with Gasteiger partial charge in [0.05, 0.1) is 5.69 Å². The van der Waals surface area contributed by atoms with Crippen LogP contribution in [0, 0.1) is 13.8 Å². The van der Waals surface area contributed by atoms with Gasteiger partial charge in [0.15, 0.2) is 0 Å². The van der Waals surface area contributed by atoms with E-state index in [2.05, 4.69) is 49.2 Å². The molecule has 0 aliphatic carbocycles. The Kier molecular flexibility index (Phi) is 2.82. The first-order chi connectivity index (χ1) is 11.7. The summed E-state index contributed by atoms with van der Waals surface area (Å²) in [4.78, 5) is 5.85. The van der Waals surface area contributed by atoms with Crippen LogP contribution < -0.4 is 0 Å². The molecule has 3 aromatic heterocycles. The summed E-state index contributed by atoms with van der Waals surface area (Å²) in [6.07, 6.45) is 1.82. The summed E-state index contributed by atoms with van der Waals surface area (Å²) in [6.45, 7) is 4.38. The molecule has 2 nitrogen and oxygen atoms in total. The number of fused-ring (bicyclic) bond motifs is 4. The van der Waals surface area contributed by atoms with Gasteiger partial charge in [-0.15, -0.1) is 11.3 Å². The standard InChI is InChI=1S/C21H15NOS/c1-12-13(2)24-20-11-19-17(10-16(12)20)14-6-5-7-15(21(14)23-19)18-8-3-4-9-22-18/h3-11H,1-2H3. The van der Waals surface area contributed by atoms with E-state index in [0.717, 1.165) is 27.8 Å². The van der Waals surface area contributed by atoms with Crippen LogP contribution >= 0.6 is 11.3 Å². The van der Waals surface area contributed by atoms with Gasteiger partial charge in [-0.05, 0) is 55.1 Å². The first-order valence-corrected chi connectivity index (χ1v) is 8.80. The first-order valence-electron chi connectivity index (χ1n) is 7.99. The molecule has 0 radical (unpaired) electrons. The smallest absolute Gasteiger partial charge is 0.144 e. The molecule has 5 rings (SSSR count). The topological polar surface area (TPSA) is 26.0 Å². The number of thiophene rings is 1. The van der Waals surface area contributed by atoms with Crippen molar-refractivity contribution in [3.05, 3.63) is 65.2 Å². The molecule has 0 unspecified atom stereocenters. The number of aryl methyl sites for hydroxylation is 2. The van der Waals surface area contributed by atoms with Crippen molar-refractivity contribution in [2.24, 2.45) is 0 Å². The maximum absolute atomic E-state index is 6.26. The van der Waals surface area contributed by atoms with Crippen LogP contribution in [0.5, 0.6) is 0 Å². The number of para-hydroxylation sites is 1. The average Bonchev–Trinajstić information content (AvgIpc) is 3.11. The second-order valence-electron chi connectivity index (χ2n) is 6.13. The fraction of sp³-hybridized carbons (Fsp3) is 0.0952. The van der Waals surface area contributed by atoms with Gasteiger partial charge in [0.1, 0.15) is 11.2 Å². The normalized spacial score (nSPS) is 11.8. The molecule has 0 atom stereocenters. The van der Waals surface area contributed by atoms with Crippen molar-refractivity contribution in [3.63, 3.8) is 0 Å². The molecular weight excluding hydrogens is 314 g/mol. The summed E-state index contributed by atoms with van der Waals surface area (Å²) < 4.78 is 7.55. The van der Waals surface area contributed by atoms with Crippen LogP contribution in [0.1, 0.15) is 10.4 Å². The van der Waals surface area contributed by atoms with Gasteiger partial charge in [0.2, 0.25) is 0 Å².